The lowest BCUT2D eigenvalue weighted by Gasteiger charge is -1.98. The molecule has 0 fully saturated rings. The lowest BCUT2D eigenvalue weighted by atomic mass is 10.1. The minimum atomic E-state index is -0.0378. The van der Waals surface area contributed by atoms with E-state index < -0.39 is 0 Å². The van der Waals surface area contributed by atoms with E-state index in [1.165, 1.54) is 0 Å². The first-order valence-electron chi connectivity index (χ1n) is 3.92. The van der Waals surface area contributed by atoms with Crippen molar-refractivity contribution in [3.05, 3.63) is 34.9 Å². The SMILES string of the molecule is CC(=N)CC(=O)c1ccc(Cl)cc1. The van der Waals surface area contributed by atoms with E-state index in [0.29, 0.717) is 16.3 Å². The second-order valence-electron chi connectivity index (χ2n) is 2.89. The number of carbonyl (C=O) groups is 1. The summed E-state index contributed by atoms with van der Waals surface area (Å²) in [6.45, 7) is 1.62. The van der Waals surface area contributed by atoms with Crippen LogP contribution in [0.3, 0.4) is 0 Å². The normalized spacial score (nSPS) is 9.69. The van der Waals surface area contributed by atoms with Gasteiger partial charge in [0.1, 0.15) is 0 Å². The molecule has 0 aromatic heterocycles. The van der Waals surface area contributed by atoms with Crippen LogP contribution in [0, 0.1) is 5.41 Å². The average Bonchev–Trinajstić information content (AvgIpc) is 2.04. The minimum absolute atomic E-state index is 0.0378. The van der Waals surface area contributed by atoms with Gasteiger partial charge in [-0.25, -0.2) is 0 Å². The Hall–Kier alpha value is -1.15. The number of rotatable bonds is 3. The molecule has 0 heterocycles. The Balaban J connectivity index is 2.78. The number of hydrogen-bond acceptors (Lipinski definition) is 2. The van der Waals surface area contributed by atoms with Gasteiger partial charge in [0.25, 0.3) is 0 Å². The Morgan fingerprint density at radius 3 is 2.38 bits per heavy atom. The molecular weight excluding hydrogens is 186 g/mol. The van der Waals surface area contributed by atoms with Gasteiger partial charge in [0, 0.05) is 22.7 Å². The Morgan fingerprint density at radius 1 is 1.38 bits per heavy atom. The van der Waals surface area contributed by atoms with Crippen molar-refractivity contribution in [3.8, 4) is 0 Å². The first-order valence-corrected chi connectivity index (χ1v) is 4.30. The fourth-order valence-electron chi connectivity index (χ4n) is 0.979. The average molecular weight is 196 g/mol. The summed E-state index contributed by atoms with van der Waals surface area (Å²) in [4.78, 5) is 11.4. The second kappa shape index (κ2) is 4.19. The summed E-state index contributed by atoms with van der Waals surface area (Å²) in [5, 5.41) is 7.78. The molecule has 3 heteroatoms. The lowest BCUT2D eigenvalue weighted by molar-refractivity contribution is 0.100. The Morgan fingerprint density at radius 2 is 1.92 bits per heavy atom. The molecule has 68 valence electrons. The van der Waals surface area contributed by atoms with Crippen molar-refractivity contribution < 1.29 is 4.79 Å². The van der Waals surface area contributed by atoms with Gasteiger partial charge in [0.2, 0.25) is 0 Å². The van der Waals surface area contributed by atoms with Crippen LogP contribution >= 0.6 is 11.6 Å². The van der Waals surface area contributed by atoms with Gasteiger partial charge in [0.05, 0.1) is 0 Å². The van der Waals surface area contributed by atoms with Gasteiger partial charge in [-0.05, 0) is 31.2 Å². The molecule has 0 amide bonds. The summed E-state index contributed by atoms with van der Waals surface area (Å²) in [7, 11) is 0. The number of nitrogens with one attached hydrogen (secondary N) is 1. The van der Waals surface area contributed by atoms with E-state index in [1.807, 2.05) is 0 Å². The van der Waals surface area contributed by atoms with Crippen LogP contribution in [0.1, 0.15) is 23.7 Å². The number of hydrogen-bond donors (Lipinski definition) is 1. The van der Waals surface area contributed by atoms with E-state index in [0.717, 1.165) is 0 Å². The molecule has 0 unspecified atom stereocenters. The van der Waals surface area contributed by atoms with Crippen molar-refractivity contribution in [1.29, 1.82) is 5.41 Å². The predicted octanol–water partition coefficient (Wildman–Crippen LogP) is 2.95. The van der Waals surface area contributed by atoms with Crippen LogP contribution in [-0.2, 0) is 0 Å². The van der Waals surface area contributed by atoms with Crippen LogP contribution < -0.4 is 0 Å². The molecule has 0 bridgehead atoms. The third kappa shape index (κ3) is 2.99. The molecule has 0 atom stereocenters. The molecule has 0 spiro atoms. The molecule has 1 aromatic carbocycles. The zero-order chi connectivity index (χ0) is 9.84. The molecule has 0 saturated heterocycles. The number of ketones is 1. The summed E-state index contributed by atoms with van der Waals surface area (Å²) < 4.78 is 0. The largest absolute Gasteiger partial charge is 0.310 e. The second-order valence-corrected chi connectivity index (χ2v) is 3.32. The Labute approximate surface area is 82.0 Å². The van der Waals surface area contributed by atoms with Crippen LogP contribution in [0.2, 0.25) is 5.02 Å². The van der Waals surface area contributed by atoms with Crippen molar-refractivity contribution in [2.45, 2.75) is 13.3 Å². The summed E-state index contributed by atoms with van der Waals surface area (Å²) in [6.07, 6.45) is 0.182. The van der Waals surface area contributed by atoms with E-state index in [4.69, 9.17) is 17.0 Å². The van der Waals surface area contributed by atoms with E-state index in [1.54, 1.807) is 31.2 Å². The molecule has 0 saturated carbocycles. The van der Waals surface area contributed by atoms with Crippen molar-refractivity contribution in [1.82, 2.24) is 0 Å². The molecule has 2 nitrogen and oxygen atoms in total. The van der Waals surface area contributed by atoms with Crippen LogP contribution in [0.25, 0.3) is 0 Å². The number of carbonyl (C=O) groups excluding carboxylic acids is 1. The van der Waals surface area contributed by atoms with Crippen LogP contribution in [0.5, 0.6) is 0 Å². The molecule has 1 aromatic rings. The van der Waals surface area contributed by atoms with E-state index >= 15 is 0 Å². The van der Waals surface area contributed by atoms with Gasteiger partial charge in [-0.3, -0.25) is 4.79 Å². The van der Waals surface area contributed by atoms with Gasteiger partial charge in [-0.1, -0.05) is 11.6 Å². The van der Waals surface area contributed by atoms with Crippen LogP contribution in [0.4, 0.5) is 0 Å². The van der Waals surface area contributed by atoms with Gasteiger partial charge in [0.15, 0.2) is 5.78 Å². The molecule has 1 rings (SSSR count). The fraction of sp³-hybridized carbons (Fsp3) is 0.200. The highest BCUT2D eigenvalue weighted by molar-refractivity contribution is 6.30. The van der Waals surface area contributed by atoms with Crippen LogP contribution in [-0.4, -0.2) is 11.5 Å². The highest BCUT2D eigenvalue weighted by atomic mass is 35.5. The molecule has 13 heavy (non-hydrogen) atoms. The number of halogens is 1. The number of benzene rings is 1. The molecule has 0 radical (unpaired) electrons. The maximum absolute atomic E-state index is 11.4. The zero-order valence-electron chi connectivity index (χ0n) is 7.30. The highest BCUT2D eigenvalue weighted by Crippen LogP contribution is 2.11. The smallest absolute Gasteiger partial charge is 0.168 e. The maximum atomic E-state index is 11.4. The monoisotopic (exact) mass is 195 g/mol. The fourth-order valence-corrected chi connectivity index (χ4v) is 1.10. The topological polar surface area (TPSA) is 40.9 Å². The summed E-state index contributed by atoms with van der Waals surface area (Å²) in [5.74, 6) is -0.0378. The minimum Gasteiger partial charge on any atom is -0.310 e. The van der Waals surface area contributed by atoms with Gasteiger partial charge >= 0.3 is 0 Å². The lowest BCUT2D eigenvalue weighted by Crippen LogP contribution is -2.03. The van der Waals surface area contributed by atoms with E-state index in [-0.39, 0.29) is 12.2 Å². The van der Waals surface area contributed by atoms with Gasteiger partial charge in [-0.15, -0.1) is 0 Å². The third-order valence-corrected chi connectivity index (χ3v) is 1.84. The Kier molecular flexibility index (Phi) is 3.20. The molecule has 0 aliphatic carbocycles. The first-order chi connectivity index (χ1) is 6.09. The molecule has 0 aliphatic heterocycles. The zero-order valence-corrected chi connectivity index (χ0v) is 8.06. The predicted molar refractivity (Wildman–Crippen MR) is 53.8 cm³/mol. The molecule has 0 aliphatic rings. The van der Waals surface area contributed by atoms with Gasteiger partial charge < -0.3 is 5.41 Å². The third-order valence-electron chi connectivity index (χ3n) is 1.59. The van der Waals surface area contributed by atoms with Crippen molar-refractivity contribution in [2.75, 3.05) is 0 Å². The van der Waals surface area contributed by atoms with Crippen LogP contribution in [0.15, 0.2) is 24.3 Å². The molecular formula is C10H10ClNO. The summed E-state index contributed by atoms with van der Waals surface area (Å²) in [5.41, 5.74) is 0.982. The van der Waals surface area contributed by atoms with Crippen molar-refractivity contribution in [3.63, 3.8) is 0 Å². The first kappa shape index (κ1) is 9.93. The summed E-state index contributed by atoms with van der Waals surface area (Å²) in [6, 6.07) is 6.70. The van der Waals surface area contributed by atoms with E-state index in [2.05, 4.69) is 0 Å². The Bertz CT molecular complexity index is 329. The summed E-state index contributed by atoms with van der Waals surface area (Å²) >= 11 is 5.67. The van der Waals surface area contributed by atoms with Crippen molar-refractivity contribution >= 4 is 23.1 Å². The van der Waals surface area contributed by atoms with Crippen molar-refractivity contribution in [2.24, 2.45) is 0 Å². The van der Waals surface area contributed by atoms with E-state index in [9.17, 15) is 4.79 Å². The molecule has 1 N–H and O–H groups in total. The highest BCUT2D eigenvalue weighted by Gasteiger charge is 2.05. The van der Waals surface area contributed by atoms with Gasteiger partial charge in [-0.2, -0.15) is 0 Å². The quantitative estimate of drug-likeness (QED) is 0.585. The number of Topliss-reactive ketones (excluding diaryl/α,β-unsaturated/α-hetero) is 1. The maximum Gasteiger partial charge on any atom is 0.168 e. The standard InChI is InChI=1S/C10H10ClNO/c1-7(12)6-10(13)8-2-4-9(11)5-3-8/h2-5,12H,6H2,1H3.